The number of hydrogen-bond donors (Lipinski definition) is 1. The van der Waals surface area contributed by atoms with E-state index in [1.807, 2.05) is 19.9 Å². The standard InChI is InChI=1S/C14H18N2O2S2/c1-9-10(2)19-14(16-9)8-13(15)11-5-4-6-12(7-11)20(3,17)18/h4-7,13H,8,15H2,1-3H3. The normalized spacial score (nSPS) is 13.4. The average Bonchev–Trinajstić information content (AvgIpc) is 2.67. The Bertz CT molecular complexity index is 701. The second-order valence-electron chi connectivity index (χ2n) is 4.90. The van der Waals surface area contributed by atoms with Gasteiger partial charge in [0.25, 0.3) is 0 Å². The topological polar surface area (TPSA) is 73.0 Å². The molecule has 1 aromatic heterocycles. The van der Waals surface area contributed by atoms with E-state index in [0.29, 0.717) is 11.3 Å². The molecule has 0 saturated carbocycles. The van der Waals surface area contributed by atoms with Gasteiger partial charge in [-0.25, -0.2) is 13.4 Å². The zero-order valence-electron chi connectivity index (χ0n) is 11.8. The van der Waals surface area contributed by atoms with Gasteiger partial charge >= 0.3 is 0 Å². The quantitative estimate of drug-likeness (QED) is 0.941. The first-order valence-corrected chi connectivity index (χ1v) is 8.96. The van der Waals surface area contributed by atoms with Crippen LogP contribution in [0, 0.1) is 13.8 Å². The second-order valence-corrected chi connectivity index (χ2v) is 8.21. The molecule has 2 rings (SSSR count). The lowest BCUT2D eigenvalue weighted by atomic mass is 10.1. The maximum atomic E-state index is 11.6. The molecule has 0 amide bonds. The van der Waals surface area contributed by atoms with Gasteiger partial charge < -0.3 is 5.73 Å². The van der Waals surface area contributed by atoms with E-state index in [2.05, 4.69) is 4.98 Å². The molecule has 2 N–H and O–H groups in total. The molecule has 0 saturated heterocycles. The lowest BCUT2D eigenvalue weighted by Gasteiger charge is -2.11. The molecule has 0 radical (unpaired) electrons. The van der Waals surface area contributed by atoms with Crippen molar-refractivity contribution >= 4 is 21.2 Å². The van der Waals surface area contributed by atoms with Crippen LogP contribution in [-0.4, -0.2) is 19.7 Å². The number of nitrogens with two attached hydrogens (primary N) is 1. The third-order valence-corrected chi connectivity index (χ3v) is 5.39. The van der Waals surface area contributed by atoms with Crippen LogP contribution in [0.3, 0.4) is 0 Å². The first-order valence-electron chi connectivity index (χ1n) is 6.26. The molecule has 2 aromatic rings. The zero-order valence-corrected chi connectivity index (χ0v) is 13.4. The Labute approximate surface area is 123 Å². The van der Waals surface area contributed by atoms with Gasteiger partial charge in [-0.15, -0.1) is 11.3 Å². The van der Waals surface area contributed by atoms with E-state index in [1.165, 1.54) is 11.1 Å². The maximum absolute atomic E-state index is 11.6. The smallest absolute Gasteiger partial charge is 0.175 e. The van der Waals surface area contributed by atoms with Crippen molar-refractivity contribution in [3.63, 3.8) is 0 Å². The number of benzene rings is 1. The van der Waals surface area contributed by atoms with Crippen LogP contribution in [0.1, 0.15) is 27.2 Å². The lowest BCUT2D eigenvalue weighted by Crippen LogP contribution is -2.14. The van der Waals surface area contributed by atoms with Crippen molar-refractivity contribution in [2.24, 2.45) is 5.73 Å². The van der Waals surface area contributed by atoms with Crippen molar-refractivity contribution in [3.05, 3.63) is 45.4 Å². The molecule has 1 unspecified atom stereocenters. The maximum Gasteiger partial charge on any atom is 0.175 e. The molecule has 20 heavy (non-hydrogen) atoms. The van der Waals surface area contributed by atoms with Crippen LogP contribution in [0.4, 0.5) is 0 Å². The van der Waals surface area contributed by atoms with E-state index < -0.39 is 9.84 Å². The van der Waals surface area contributed by atoms with E-state index in [9.17, 15) is 8.42 Å². The molecule has 0 aliphatic carbocycles. The summed E-state index contributed by atoms with van der Waals surface area (Å²) in [5.41, 5.74) is 8.02. The van der Waals surface area contributed by atoms with Crippen molar-refractivity contribution in [3.8, 4) is 0 Å². The van der Waals surface area contributed by atoms with Gasteiger partial charge in [0.15, 0.2) is 9.84 Å². The molecule has 0 spiro atoms. The van der Waals surface area contributed by atoms with Crippen LogP contribution >= 0.6 is 11.3 Å². The lowest BCUT2D eigenvalue weighted by molar-refractivity contribution is 0.601. The fraction of sp³-hybridized carbons (Fsp3) is 0.357. The van der Waals surface area contributed by atoms with Crippen molar-refractivity contribution in [1.82, 2.24) is 4.98 Å². The Morgan fingerprint density at radius 1 is 1.35 bits per heavy atom. The third-order valence-electron chi connectivity index (χ3n) is 3.18. The molecule has 108 valence electrons. The highest BCUT2D eigenvalue weighted by Crippen LogP contribution is 2.23. The van der Waals surface area contributed by atoms with Crippen LogP contribution < -0.4 is 5.73 Å². The summed E-state index contributed by atoms with van der Waals surface area (Å²) >= 11 is 1.64. The first-order chi connectivity index (χ1) is 9.27. The van der Waals surface area contributed by atoms with Crippen molar-refractivity contribution in [2.75, 3.05) is 6.26 Å². The summed E-state index contributed by atoms with van der Waals surface area (Å²) in [7, 11) is -3.20. The SMILES string of the molecule is Cc1nc(CC(N)c2cccc(S(C)(=O)=O)c2)sc1C. The van der Waals surface area contributed by atoms with E-state index in [-0.39, 0.29) is 6.04 Å². The van der Waals surface area contributed by atoms with Crippen LogP contribution in [0.25, 0.3) is 0 Å². The van der Waals surface area contributed by atoms with Gasteiger partial charge in [-0.05, 0) is 31.5 Å². The monoisotopic (exact) mass is 310 g/mol. The molecule has 0 fully saturated rings. The largest absolute Gasteiger partial charge is 0.324 e. The Morgan fingerprint density at radius 3 is 2.60 bits per heavy atom. The van der Waals surface area contributed by atoms with Gasteiger partial charge in [0.1, 0.15) is 0 Å². The van der Waals surface area contributed by atoms with Crippen LogP contribution in [-0.2, 0) is 16.3 Å². The number of rotatable bonds is 4. The van der Waals surface area contributed by atoms with Crippen LogP contribution in [0.15, 0.2) is 29.2 Å². The third kappa shape index (κ3) is 3.45. The minimum atomic E-state index is -3.20. The molecule has 6 heteroatoms. The van der Waals surface area contributed by atoms with Gasteiger partial charge in [-0.1, -0.05) is 12.1 Å². The van der Waals surface area contributed by atoms with E-state index in [1.54, 1.807) is 29.5 Å². The summed E-state index contributed by atoms with van der Waals surface area (Å²) in [6.45, 7) is 4.01. The van der Waals surface area contributed by atoms with E-state index >= 15 is 0 Å². The number of aryl methyl sites for hydroxylation is 2. The van der Waals surface area contributed by atoms with Crippen LogP contribution in [0.5, 0.6) is 0 Å². The van der Waals surface area contributed by atoms with E-state index in [0.717, 1.165) is 16.3 Å². The molecular formula is C14H18N2O2S2. The number of thiazole rings is 1. The first kappa shape index (κ1) is 15.2. The Balaban J connectivity index is 2.23. The van der Waals surface area contributed by atoms with E-state index in [4.69, 9.17) is 5.73 Å². The highest BCUT2D eigenvalue weighted by Gasteiger charge is 2.14. The fourth-order valence-corrected chi connectivity index (χ4v) is 3.58. The number of sulfone groups is 1. The number of nitrogens with zero attached hydrogens (tertiary/aromatic N) is 1. The van der Waals surface area contributed by atoms with Gasteiger partial charge in [0.05, 0.1) is 15.6 Å². The Hall–Kier alpha value is -1.24. The molecule has 4 nitrogen and oxygen atoms in total. The zero-order chi connectivity index (χ0) is 14.9. The minimum absolute atomic E-state index is 0.248. The summed E-state index contributed by atoms with van der Waals surface area (Å²) in [5.74, 6) is 0. The molecule has 1 heterocycles. The van der Waals surface area contributed by atoms with Crippen molar-refractivity contribution in [1.29, 1.82) is 0 Å². The van der Waals surface area contributed by atoms with Crippen molar-refractivity contribution < 1.29 is 8.42 Å². The predicted molar refractivity (Wildman–Crippen MR) is 81.8 cm³/mol. The molecule has 0 bridgehead atoms. The van der Waals surface area contributed by atoms with Gasteiger partial charge in [0.2, 0.25) is 0 Å². The predicted octanol–water partition coefficient (Wildman–Crippen LogP) is 2.41. The number of aromatic nitrogens is 1. The summed E-state index contributed by atoms with van der Waals surface area (Å²) in [4.78, 5) is 5.96. The molecule has 0 aliphatic rings. The van der Waals surface area contributed by atoms with Crippen molar-refractivity contribution in [2.45, 2.75) is 31.2 Å². The van der Waals surface area contributed by atoms with Gasteiger partial charge in [-0.3, -0.25) is 0 Å². The summed E-state index contributed by atoms with van der Waals surface area (Å²) in [6, 6.07) is 6.56. The highest BCUT2D eigenvalue weighted by molar-refractivity contribution is 7.90. The highest BCUT2D eigenvalue weighted by atomic mass is 32.2. The summed E-state index contributed by atoms with van der Waals surface area (Å²) < 4.78 is 23.1. The number of hydrogen-bond acceptors (Lipinski definition) is 5. The molecular weight excluding hydrogens is 292 g/mol. The molecule has 1 aromatic carbocycles. The summed E-state index contributed by atoms with van der Waals surface area (Å²) in [5, 5.41) is 0.984. The second kappa shape index (κ2) is 5.63. The minimum Gasteiger partial charge on any atom is -0.324 e. The Morgan fingerprint density at radius 2 is 2.05 bits per heavy atom. The molecule has 0 aliphatic heterocycles. The van der Waals surface area contributed by atoms with Gasteiger partial charge in [0, 0.05) is 23.6 Å². The average molecular weight is 310 g/mol. The molecule has 1 atom stereocenters. The summed E-state index contributed by atoms with van der Waals surface area (Å²) in [6.07, 6.45) is 1.82. The Kier molecular flexibility index (Phi) is 4.27. The van der Waals surface area contributed by atoms with Crippen LogP contribution in [0.2, 0.25) is 0 Å². The van der Waals surface area contributed by atoms with Gasteiger partial charge in [-0.2, -0.15) is 0 Å². The fourth-order valence-electron chi connectivity index (χ4n) is 1.91.